The first-order chi connectivity index (χ1) is 10.1. The molecule has 1 atom stereocenters. The maximum atomic E-state index is 11.9. The van der Waals surface area contributed by atoms with Crippen LogP contribution < -0.4 is 10.1 Å². The predicted molar refractivity (Wildman–Crippen MR) is 82.3 cm³/mol. The van der Waals surface area contributed by atoms with Gasteiger partial charge in [-0.05, 0) is 43.4 Å². The Kier molecular flexibility index (Phi) is 5.39. The van der Waals surface area contributed by atoms with E-state index in [0.29, 0.717) is 25.8 Å². The summed E-state index contributed by atoms with van der Waals surface area (Å²) in [6.07, 6.45) is 7.58. The zero-order chi connectivity index (χ0) is 15.1. The Balaban J connectivity index is 1.74. The SMILES string of the molecule is COc1ccc(CCC(=O)NC[C@@]2(O)C=CCCC2)cc1. The number of rotatable bonds is 6. The van der Waals surface area contributed by atoms with Crippen molar-refractivity contribution in [3.8, 4) is 5.75 Å². The van der Waals surface area contributed by atoms with Gasteiger partial charge in [-0.1, -0.05) is 24.3 Å². The number of benzene rings is 1. The summed E-state index contributed by atoms with van der Waals surface area (Å²) < 4.78 is 5.10. The normalized spacial score (nSPS) is 21.0. The third kappa shape index (κ3) is 4.90. The summed E-state index contributed by atoms with van der Waals surface area (Å²) in [5, 5.41) is 13.1. The van der Waals surface area contributed by atoms with Crippen molar-refractivity contribution in [3.63, 3.8) is 0 Å². The Morgan fingerprint density at radius 1 is 1.38 bits per heavy atom. The van der Waals surface area contributed by atoms with Crippen LogP contribution in [0.3, 0.4) is 0 Å². The molecule has 4 heteroatoms. The van der Waals surface area contributed by atoms with Crippen LogP contribution in [0.5, 0.6) is 5.75 Å². The highest BCUT2D eigenvalue weighted by atomic mass is 16.5. The van der Waals surface area contributed by atoms with Crippen molar-refractivity contribution in [3.05, 3.63) is 42.0 Å². The molecule has 0 fully saturated rings. The van der Waals surface area contributed by atoms with Gasteiger partial charge < -0.3 is 15.2 Å². The molecule has 0 aliphatic heterocycles. The Labute approximate surface area is 125 Å². The second kappa shape index (κ2) is 7.27. The molecule has 0 spiro atoms. The van der Waals surface area contributed by atoms with Crippen LogP contribution in [0.4, 0.5) is 0 Å². The Morgan fingerprint density at radius 2 is 2.14 bits per heavy atom. The first kappa shape index (κ1) is 15.6. The van der Waals surface area contributed by atoms with Gasteiger partial charge >= 0.3 is 0 Å². The highest BCUT2D eigenvalue weighted by molar-refractivity contribution is 5.76. The largest absolute Gasteiger partial charge is 0.497 e. The monoisotopic (exact) mass is 289 g/mol. The summed E-state index contributed by atoms with van der Waals surface area (Å²) in [5.41, 5.74) is 0.232. The number of carbonyl (C=O) groups excluding carboxylic acids is 1. The van der Waals surface area contributed by atoms with Crippen LogP contribution >= 0.6 is 0 Å². The molecule has 1 aromatic rings. The van der Waals surface area contributed by atoms with Crippen molar-refractivity contribution in [1.82, 2.24) is 5.32 Å². The molecule has 2 N–H and O–H groups in total. The number of hydrogen-bond donors (Lipinski definition) is 2. The van der Waals surface area contributed by atoms with E-state index in [2.05, 4.69) is 5.32 Å². The second-order valence-corrected chi connectivity index (χ2v) is 5.52. The van der Waals surface area contributed by atoms with Crippen LogP contribution in [0.15, 0.2) is 36.4 Å². The van der Waals surface area contributed by atoms with Gasteiger partial charge in [0, 0.05) is 13.0 Å². The maximum Gasteiger partial charge on any atom is 0.220 e. The Hall–Kier alpha value is -1.81. The number of hydrogen-bond acceptors (Lipinski definition) is 3. The first-order valence-electron chi connectivity index (χ1n) is 7.41. The summed E-state index contributed by atoms with van der Waals surface area (Å²) in [6.45, 7) is 0.297. The molecule has 0 radical (unpaired) electrons. The minimum atomic E-state index is -0.867. The highest BCUT2D eigenvalue weighted by Gasteiger charge is 2.25. The summed E-state index contributed by atoms with van der Waals surface area (Å²) in [5.74, 6) is 0.785. The van der Waals surface area contributed by atoms with E-state index in [0.717, 1.165) is 24.2 Å². The summed E-state index contributed by atoms with van der Waals surface area (Å²) in [4.78, 5) is 11.9. The molecule has 0 saturated heterocycles. The lowest BCUT2D eigenvalue weighted by Gasteiger charge is -2.27. The van der Waals surface area contributed by atoms with Crippen molar-refractivity contribution < 1.29 is 14.6 Å². The van der Waals surface area contributed by atoms with E-state index in [-0.39, 0.29) is 5.91 Å². The van der Waals surface area contributed by atoms with Gasteiger partial charge in [-0.15, -0.1) is 0 Å². The number of aryl methyl sites for hydroxylation is 1. The summed E-state index contributed by atoms with van der Waals surface area (Å²) in [7, 11) is 1.63. The number of methoxy groups -OCH3 is 1. The van der Waals surface area contributed by atoms with E-state index >= 15 is 0 Å². The predicted octanol–water partition coefficient (Wildman–Crippen LogP) is 2.22. The smallest absolute Gasteiger partial charge is 0.220 e. The van der Waals surface area contributed by atoms with E-state index in [4.69, 9.17) is 4.74 Å². The quantitative estimate of drug-likeness (QED) is 0.789. The molecule has 0 unspecified atom stereocenters. The molecule has 1 amide bonds. The molecular weight excluding hydrogens is 266 g/mol. The molecule has 1 aliphatic rings. The number of aliphatic hydroxyl groups is 1. The van der Waals surface area contributed by atoms with Crippen molar-refractivity contribution in [2.75, 3.05) is 13.7 Å². The topological polar surface area (TPSA) is 58.6 Å². The summed E-state index contributed by atoms with van der Waals surface area (Å²) in [6, 6.07) is 7.71. The summed E-state index contributed by atoms with van der Waals surface area (Å²) >= 11 is 0. The molecule has 0 aromatic heterocycles. The minimum Gasteiger partial charge on any atom is -0.497 e. The van der Waals surface area contributed by atoms with Crippen molar-refractivity contribution >= 4 is 5.91 Å². The number of carbonyl (C=O) groups is 1. The van der Waals surface area contributed by atoms with Gasteiger partial charge in [0.1, 0.15) is 5.75 Å². The third-order valence-electron chi connectivity index (χ3n) is 3.80. The standard InChI is InChI=1S/C17H23NO3/c1-21-15-8-5-14(6-9-15)7-10-16(19)18-13-17(20)11-3-2-4-12-17/h3,5-6,8-9,11,20H,2,4,7,10,12-13H2,1H3,(H,18,19)/t17-/m1/s1. The van der Waals surface area contributed by atoms with Crippen LogP contribution in [0.1, 0.15) is 31.2 Å². The van der Waals surface area contributed by atoms with E-state index < -0.39 is 5.60 Å². The molecule has 0 saturated carbocycles. The van der Waals surface area contributed by atoms with Gasteiger partial charge in [0.15, 0.2) is 0 Å². The number of amides is 1. The molecule has 1 aliphatic carbocycles. The van der Waals surface area contributed by atoms with E-state index in [1.807, 2.05) is 30.3 Å². The first-order valence-corrected chi connectivity index (χ1v) is 7.41. The molecule has 0 heterocycles. The number of ether oxygens (including phenoxy) is 1. The van der Waals surface area contributed by atoms with E-state index in [1.165, 1.54) is 0 Å². The Morgan fingerprint density at radius 3 is 2.76 bits per heavy atom. The molecule has 114 valence electrons. The fraction of sp³-hybridized carbons (Fsp3) is 0.471. The third-order valence-corrected chi connectivity index (χ3v) is 3.80. The van der Waals surface area contributed by atoms with Crippen LogP contribution in [-0.4, -0.2) is 30.3 Å². The van der Waals surface area contributed by atoms with Gasteiger partial charge in [0.05, 0.1) is 12.7 Å². The van der Waals surface area contributed by atoms with Crippen molar-refractivity contribution in [2.24, 2.45) is 0 Å². The molecule has 2 rings (SSSR count). The lowest BCUT2D eigenvalue weighted by atomic mass is 9.91. The van der Waals surface area contributed by atoms with Crippen LogP contribution in [0.2, 0.25) is 0 Å². The van der Waals surface area contributed by atoms with E-state index in [9.17, 15) is 9.90 Å². The van der Waals surface area contributed by atoms with E-state index in [1.54, 1.807) is 13.2 Å². The second-order valence-electron chi connectivity index (χ2n) is 5.52. The van der Waals surface area contributed by atoms with Gasteiger partial charge in [0.25, 0.3) is 0 Å². The average molecular weight is 289 g/mol. The number of allylic oxidation sites excluding steroid dienone is 1. The molecule has 1 aromatic carbocycles. The fourth-order valence-corrected chi connectivity index (χ4v) is 2.45. The van der Waals surface area contributed by atoms with Crippen molar-refractivity contribution in [1.29, 1.82) is 0 Å². The zero-order valence-corrected chi connectivity index (χ0v) is 12.5. The molecule has 21 heavy (non-hydrogen) atoms. The van der Waals surface area contributed by atoms with Crippen LogP contribution in [0.25, 0.3) is 0 Å². The lowest BCUT2D eigenvalue weighted by molar-refractivity contribution is -0.122. The van der Waals surface area contributed by atoms with Crippen LogP contribution in [0, 0.1) is 0 Å². The maximum absolute atomic E-state index is 11.9. The molecular formula is C17H23NO3. The van der Waals surface area contributed by atoms with Gasteiger partial charge in [0.2, 0.25) is 5.91 Å². The van der Waals surface area contributed by atoms with Crippen molar-refractivity contribution in [2.45, 2.75) is 37.7 Å². The van der Waals surface area contributed by atoms with Gasteiger partial charge in [-0.25, -0.2) is 0 Å². The van der Waals surface area contributed by atoms with Crippen LogP contribution in [-0.2, 0) is 11.2 Å². The fourth-order valence-electron chi connectivity index (χ4n) is 2.45. The Bertz CT molecular complexity index is 495. The molecule has 0 bridgehead atoms. The minimum absolute atomic E-state index is 0.0294. The lowest BCUT2D eigenvalue weighted by Crippen LogP contribution is -2.42. The average Bonchev–Trinajstić information content (AvgIpc) is 2.52. The van der Waals surface area contributed by atoms with Gasteiger partial charge in [-0.3, -0.25) is 4.79 Å². The molecule has 4 nitrogen and oxygen atoms in total. The number of nitrogens with one attached hydrogen (secondary N) is 1. The highest BCUT2D eigenvalue weighted by Crippen LogP contribution is 2.21. The zero-order valence-electron chi connectivity index (χ0n) is 12.5. The van der Waals surface area contributed by atoms with Gasteiger partial charge in [-0.2, -0.15) is 0 Å².